The number of aromatic nitrogens is 1. The number of hydrogen-bond donors (Lipinski definition) is 1. The normalized spacial score (nSPS) is 10.8. The molecule has 0 fully saturated rings. The zero-order valence-electron chi connectivity index (χ0n) is 15.3. The van der Waals surface area contributed by atoms with Crippen LogP contribution in [0, 0.1) is 0 Å². The van der Waals surface area contributed by atoms with Crippen molar-refractivity contribution in [2.75, 3.05) is 0 Å². The number of rotatable bonds is 6. The highest BCUT2D eigenvalue weighted by Crippen LogP contribution is 2.25. The number of carbonyl (C=O) groups excluding carboxylic acids is 1. The number of nitrogens with one attached hydrogen (secondary N) is 1. The molecule has 0 atom stereocenters. The standard InChI is InChI=1S/C24H20N2O2/c27-24(23(19-12-6-2-7-13-19)20-14-8-3-9-15-20)25-17-21-16-22(28-26-21)18-10-4-1-5-11-18/h1-16,23H,17H2,(H,25,27). The predicted octanol–water partition coefficient (Wildman–Crippen LogP) is 4.79. The Morgan fingerprint density at radius 3 is 1.93 bits per heavy atom. The summed E-state index contributed by atoms with van der Waals surface area (Å²) in [5, 5.41) is 7.08. The molecule has 28 heavy (non-hydrogen) atoms. The van der Waals surface area contributed by atoms with Gasteiger partial charge < -0.3 is 9.84 Å². The van der Waals surface area contributed by atoms with Gasteiger partial charge in [0.2, 0.25) is 5.91 Å². The molecule has 1 N–H and O–H groups in total. The molecule has 0 aliphatic rings. The highest BCUT2D eigenvalue weighted by atomic mass is 16.5. The number of amides is 1. The molecule has 4 nitrogen and oxygen atoms in total. The van der Waals surface area contributed by atoms with Crippen LogP contribution < -0.4 is 5.32 Å². The van der Waals surface area contributed by atoms with Gasteiger partial charge in [0.15, 0.2) is 5.76 Å². The Labute approximate surface area is 163 Å². The fraction of sp³-hybridized carbons (Fsp3) is 0.0833. The van der Waals surface area contributed by atoms with E-state index in [0.29, 0.717) is 18.0 Å². The van der Waals surface area contributed by atoms with E-state index in [1.165, 1.54) is 0 Å². The maximum Gasteiger partial charge on any atom is 0.232 e. The van der Waals surface area contributed by atoms with E-state index < -0.39 is 0 Å². The molecule has 0 radical (unpaired) electrons. The van der Waals surface area contributed by atoms with Crippen LogP contribution in [0.15, 0.2) is 102 Å². The van der Waals surface area contributed by atoms with Crippen LogP contribution in [0.1, 0.15) is 22.7 Å². The average Bonchev–Trinajstić information content (AvgIpc) is 3.24. The summed E-state index contributed by atoms with van der Waals surface area (Å²) < 4.78 is 5.41. The molecule has 4 heteroatoms. The van der Waals surface area contributed by atoms with E-state index in [1.54, 1.807) is 0 Å². The minimum Gasteiger partial charge on any atom is -0.356 e. The van der Waals surface area contributed by atoms with Crippen molar-refractivity contribution in [1.82, 2.24) is 10.5 Å². The van der Waals surface area contributed by atoms with Crippen molar-refractivity contribution < 1.29 is 9.32 Å². The lowest BCUT2D eigenvalue weighted by molar-refractivity contribution is -0.121. The summed E-state index contributed by atoms with van der Waals surface area (Å²) >= 11 is 0. The van der Waals surface area contributed by atoms with Gasteiger partial charge >= 0.3 is 0 Å². The van der Waals surface area contributed by atoms with E-state index in [0.717, 1.165) is 16.7 Å². The Morgan fingerprint density at radius 2 is 1.36 bits per heavy atom. The number of benzene rings is 3. The second-order valence-electron chi connectivity index (χ2n) is 6.52. The molecule has 0 unspecified atom stereocenters. The van der Waals surface area contributed by atoms with E-state index in [2.05, 4.69) is 10.5 Å². The first-order valence-corrected chi connectivity index (χ1v) is 9.20. The summed E-state index contributed by atoms with van der Waals surface area (Å²) in [6.45, 7) is 0.311. The quantitative estimate of drug-likeness (QED) is 0.532. The molecule has 138 valence electrons. The van der Waals surface area contributed by atoms with Crippen molar-refractivity contribution in [3.05, 3.63) is 114 Å². The van der Waals surface area contributed by atoms with Crippen LogP contribution in [-0.2, 0) is 11.3 Å². The van der Waals surface area contributed by atoms with Gasteiger partial charge in [-0.25, -0.2) is 0 Å². The van der Waals surface area contributed by atoms with Gasteiger partial charge in [0.1, 0.15) is 5.69 Å². The van der Waals surface area contributed by atoms with Gasteiger partial charge in [-0.05, 0) is 11.1 Å². The minimum atomic E-state index is -0.372. The molecule has 0 saturated carbocycles. The molecule has 0 aliphatic carbocycles. The predicted molar refractivity (Wildman–Crippen MR) is 109 cm³/mol. The highest BCUT2D eigenvalue weighted by molar-refractivity contribution is 5.87. The number of nitrogens with zero attached hydrogens (tertiary/aromatic N) is 1. The van der Waals surface area contributed by atoms with Crippen molar-refractivity contribution in [2.24, 2.45) is 0 Å². The summed E-state index contributed by atoms with van der Waals surface area (Å²) in [5.41, 5.74) is 3.55. The van der Waals surface area contributed by atoms with Crippen LogP contribution in [0.4, 0.5) is 0 Å². The van der Waals surface area contributed by atoms with Gasteiger partial charge in [0.05, 0.1) is 12.5 Å². The molecule has 4 aromatic rings. The third-order valence-electron chi connectivity index (χ3n) is 4.59. The molecular weight excluding hydrogens is 348 g/mol. The summed E-state index contributed by atoms with van der Waals surface area (Å²) in [4.78, 5) is 13.0. The van der Waals surface area contributed by atoms with Crippen LogP contribution in [0.2, 0.25) is 0 Å². The first-order valence-electron chi connectivity index (χ1n) is 9.20. The highest BCUT2D eigenvalue weighted by Gasteiger charge is 2.22. The molecule has 4 rings (SSSR count). The van der Waals surface area contributed by atoms with E-state index in [1.807, 2.05) is 97.1 Å². The van der Waals surface area contributed by atoms with Gasteiger partial charge in [-0.2, -0.15) is 0 Å². The number of hydrogen-bond acceptors (Lipinski definition) is 3. The average molecular weight is 368 g/mol. The smallest absolute Gasteiger partial charge is 0.232 e. The summed E-state index contributed by atoms with van der Waals surface area (Å²) in [7, 11) is 0. The Kier molecular flexibility index (Phi) is 5.29. The van der Waals surface area contributed by atoms with Crippen molar-refractivity contribution in [1.29, 1.82) is 0 Å². The zero-order chi connectivity index (χ0) is 19.2. The van der Waals surface area contributed by atoms with Crippen molar-refractivity contribution >= 4 is 5.91 Å². The maximum absolute atomic E-state index is 13.0. The van der Waals surface area contributed by atoms with Crippen molar-refractivity contribution in [2.45, 2.75) is 12.5 Å². The lowest BCUT2D eigenvalue weighted by Crippen LogP contribution is -2.29. The summed E-state index contributed by atoms with van der Waals surface area (Å²) in [6.07, 6.45) is 0. The zero-order valence-corrected chi connectivity index (χ0v) is 15.3. The molecule has 0 spiro atoms. The Morgan fingerprint density at radius 1 is 0.821 bits per heavy atom. The SMILES string of the molecule is O=C(NCc1cc(-c2ccccc2)on1)C(c1ccccc1)c1ccccc1. The topological polar surface area (TPSA) is 55.1 Å². The van der Waals surface area contributed by atoms with Crippen LogP contribution in [-0.4, -0.2) is 11.1 Å². The fourth-order valence-corrected chi connectivity index (χ4v) is 3.20. The molecule has 1 heterocycles. The Balaban J connectivity index is 1.50. The Bertz CT molecular complexity index is 988. The summed E-state index contributed by atoms with van der Waals surface area (Å²) in [6, 6.07) is 31.2. The lowest BCUT2D eigenvalue weighted by Gasteiger charge is -2.17. The molecule has 0 bridgehead atoms. The van der Waals surface area contributed by atoms with Crippen molar-refractivity contribution in [3.63, 3.8) is 0 Å². The van der Waals surface area contributed by atoms with Gasteiger partial charge in [-0.3, -0.25) is 4.79 Å². The first-order chi connectivity index (χ1) is 13.8. The monoisotopic (exact) mass is 368 g/mol. The van der Waals surface area contributed by atoms with E-state index >= 15 is 0 Å². The van der Waals surface area contributed by atoms with Gasteiger partial charge in [0.25, 0.3) is 0 Å². The first kappa shape index (κ1) is 17.7. The van der Waals surface area contributed by atoms with Gasteiger partial charge in [-0.1, -0.05) is 96.2 Å². The van der Waals surface area contributed by atoms with Crippen LogP contribution in [0.5, 0.6) is 0 Å². The summed E-state index contributed by atoms with van der Waals surface area (Å²) in [5.74, 6) is 0.247. The van der Waals surface area contributed by atoms with Crippen LogP contribution >= 0.6 is 0 Å². The largest absolute Gasteiger partial charge is 0.356 e. The van der Waals surface area contributed by atoms with Gasteiger partial charge in [-0.15, -0.1) is 0 Å². The second-order valence-corrected chi connectivity index (χ2v) is 6.52. The second kappa shape index (κ2) is 8.35. The third kappa shape index (κ3) is 4.01. The van der Waals surface area contributed by atoms with E-state index in [9.17, 15) is 4.79 Å². The van der Waals surface area contributed by atoms with E-state index in [-0.39, 0.29) is 11.8 Å². The lowest BCUT2D eigenvalue weighted by atomic mass is 9.90. The number of carbonyl (C=O) groups is 1. The molecule has 1 aromatic heterocycles. The molecule has 0 saturated heterocycles. The van der Waals surface area contributed by atoms with Gasteiger partial charge in [0, 0.05) is 11.6 Å². The fourth-order valence-electron chi connectivity index (χ4n) is 3.20. The van der Waals surface area contributed by atoms with Crippen molar-refractivity contribution in [3.8, 4) is 11.3 Å². The molecule has 3 aromatic carbocycles. The minimum absolute atomic E-state index is 0.0679. The van der Waals surface area contributed by atoms with E-state index in [4.69, 9.17) is 4.52 Å². The molecule has 1 amide bonds. The Hall–Kier alpha value is -3.66. The third-order valence-corrected chi connectivity index (χ3v) is 4.59. The van der Waals surface area contributed by atoms with Crippen LogP contribution in [0.3, 0.4) is 0 Å². The van der Waals surface area contributed by atoms with Crippen LogP contribution in [0.25, 0.3) is 11.3 Å². The maximum atomic E-state index is 13.0. The molecule has 0 aliphatic heterocycles. The molecular formula is C24H20N2O2.